The largest absolute Gasteiger partial charge is 0.394 e. The lowest BCUT2D eigenvalue weighted by molar-refractivity contribution is -0.316. The lowest BCUT2D eigenvalue weighted by atomic mass is 9.75. The molecule has 4 fully saturated rings. The van der Waals surface area contributed by atoms with Gasteiger partial charge in [0.05, 0.1) is 36.9 Å². The predicted molar refractivity (Wildman–Crippen MR) is 152 cm³/mol. The van der Waals surface area contributed by atoms with Crippen molar-refractivity contribution in [1.29, 1.82) is 0 Å². The molecule has 0 aromatic carbocycles. The van der Waals surface area contributed by atoms with Gasteiger partial charge >= 0.3 is 0 Å². The van der Waals surface area contributed by atoms with Crippen molar-refractivity contribution in [2.45, 2.75) is 129 Å². The first-order valence-electron chi connectivity index (χ1n) is 15.2. The maximum atomic E-state index is 13.1. The highest BCUT2D eigenvalue weighted by Crippen LogP contribution is 2.34. The standard InChI is InChI=1S/C26H51N7O11/c27-2-1-3-32-13-5-14(35)15(8-28)41-23(13)43-21-11(30)4-12(33-25(39)26(40)6-10(29)7-26)22(20(21)38)44-24-19(37)17(31)18(36)16(9-34)42-24/h10-24,32,34-38,40H,1-9,27-31H2,(H,33,39)/t10?,11-,12+,13+,14-,15+,16+,17-,18+,19+,20-,21+,22-,23+,24+,26?/m0/s1. The molecule has 4 aliphatic rings. The smallest absolute Gasteiger partial charge is 0.252 e. The molecule has 18 N–H and O–H groups in total. The number of ether oxygens (including phenoxy) is 4. The minimum atomic E-state index is -1.71. The third-order valence-electron chi connectivity index (χ3n) is 9.06. The second-order valence-electron chi connectivity index (χ2n) is 12.4. The molecule has 1 amide bonds. The SMILES string of the molecule is NCCCN[C@@H]1C[C@H](O)[C@@H](CN)O[C@@H]1O[C@H]1[C@H](O)[C@@H](O[C@H]2O[C@H](CO)[C@@H](O)[C@H](N)[C@H]2O)[C@H](NC(=O)C2(O)CC(N)C2)C[C@@H]1N. The lowest BCUT2D eigenvalue weighted by Crippen LogP contribution is -2.70. The fraction of sp³-hybridized carbons (Fsp3) is 0.962. The van der Waals surface area contributed by atoms with Gasteiger partial charge in [0.2, 0.25) is 0 Å². The zero-order chi connectivity index (χ0) is 32.3. The van der Waals surface area contributed by atoms with Crippen LogP contribution in [0.25, 0.3) is 0 Å². The number of carbonyl (C=O) groups is 1. The normalized spacial score (nSPS) is 48.0. The van der Waals surface area contributed by atoms with Gasteiger partial charge in [-0.1, -0.05) is 0 Å². The van der Waals surface area contributed by atoms with Crippen LogP contribution in [0, 0.1) is 0 Å². The molecule has 256 valence electrons. The Morgan fingerprint density at radius 2 is 1.55 bits per heavy atom. The van der Waals surface area contributed by atoms with Crippen molar-refractivity contribution in [3.63, 3.8) is 0 Å². The van der Waals surface area contributed by atoms with Gasteiger partial charge in [0.15, 0.2) is 12.6 Å². The molecular formula is C26H51N7O11. The van der Waals surface area contributed by atoms with Crippen molar-refractivity contribution in [3.8, 4) is 0 Å². The van der Waals surface area contributed by atoms with Crippen molar-refractivity contribution in [1.82, 2.24) is 10.6 Å². The highest BCUT2D eigenvalue weighted by molar-refractivity contribution is 5.86. The number of aliphatic hydroxyl groups is 6. The van der Waals surface area contributed by atoms with E-state index < -0.39 is 104 Å². The Balaban J connectivity index is 1.56. The van der Waals surface area contributed by atoms with Crippen molar-refractivity contribution in [3.05, 3.63) is 0 Å². The van der Waals surface area contributed by atoms with E-state index in [4.69, 9.17) is 47.6 Å². The molecule has 2 saturated carbocycles. The quantitative estimate of drug-likeness (QED) is 0.0883. The molecule has 0 bridgehead atoms. The number of aliphatic hydroxyl groups excluding tert-OH is 5. The molecule has 0 unspecified atom stereocenters. The average molecular weight is 638 g/mol. The topological polar surface area (TPSA) is 330 Å². The molecular weight excluding hydrogens is 586 g/mol. The Hall–Kier alpha value is -1.17. The monoisotopic (exact) mass is 637 g/mol. The number of rotatable bonds is 12. The molecule has 2 heterocycles. The third kappa shape index (κ3) is 7.68. The molecule has 0 radical (unpaired) electrons. The van der Waals surface area contributed by atoms with E-state index in [-0.39, 0.29) is 38.3 Å². The molecule has 0 spiro atoms. The molecule has 0 aromatic rings. The van der Waals surface area contributed by atoms with Gasteiger partial charge in [0, 0.05) is 31.5 Å². The summed E-state index contributed by atoms with van der Waals surface area (Å²) in [5.74, 6) is -0.735. The van der Waals surface area contributed by atoms with Gasteiger partial charge in [-0.2, -0.15) is 0 Å². The van der Waals surface area contributed by atoms with Gasteiger partial charge in [-0.25, -0.2) is 0 Å². The van der Waals surface area contributed by atoms with E-state index in [1.807, 2.05) is 0 Å². The molecule has 18 nitrogen and oxygen atoms in total. The van der Waals surface area contributed by atoms with Gasteiger partial charge < -0.3 is 88.9 Å². The van der Waals surface area contributed by atoms with E-state index in [9.17, 15) is 35.4 Å². The summed E-state index contributed by atoms with van der Waals surface area (Å²) in [4.78, 5) is 13.1. The maximum Gasteiger partial charge on any atom is 0.252 e. The van der Waals surface area contributed by atoms with Crippen LogP contribution in [0.5, 0.6) is 0 Å². The molecule has 4 rings (SSSR count). The van der Waals surface area contributed by atoms with Crippen LogP contribution < -0.4 is 39.3 Å². The Kier molecular flexibility index (Phi) is 12.3. The van der Waals surface area contributed by atoms with Crippen molar-refractivity contribution in [2.24, 2.45) is 28.7 Å². The van der Waals surface area contributed by atoms with E-state index in [1.165, 1.54) is 0 Å². The van der Waals surface area contributed by atoms with Gasteiger partial charge in [0.1, 0.15) is 42.2 Å². The number of hydrogen-bond acceptors (Lipinski definition) is 17. The van der Waals surface area contributed by atoms with E-state index in [0.717, 1.165) is 0 Å². The summed E-state index contributed by atoms with van der Waals surface area (Å²) in [5.41, 5.74) is 27.9. The van der Waals surface area contributed by atoms with Crippen LogP contribution in [-0.2, 0) is 23.7 Å². The van der Waals surface area contributed by atoms with E-state index in [0.29, 0.717) is 19.5 Å². The second kappa shape index (κ2) is 15.2. The van der Waals surface area contributed by atoms with Crippen LogP contribution in [0.15, 0.2) is 0 Å². The summed E-state index contributed by atoms with van der Waals surface area (Å²) >= 11 is 0. The molecule has 2 saturated heterocycles. The number of hydrogen-bond donors (Lipinski definition) is 13. The summed E-state index contributed by atoms with van der Waals surface area (Å²) in [7, 11) is 0. The first-order valence-corrected chi connectivity index (χ1v) is 15.2. The zero-order valence-corrected chi connectivity index (χ0v) is 24.6. The van der Waals surface area contributed by atoms with Crippen LogP contribution in [0.4, 0.5) is 0 Å². The Morgan fingerprint density at radius 1 is 0.886 bits per heavy atom. The summed E-state index contributed by atoms with van der Waals surface area (Å²) in [6.07, 6.45) is -11.4. The highest BCUT2D eigenvalue weighted by atomic mass is 16.7. The minimum absolute atomic E-state index is 0.0112. The van der Waals surface area contributed by atoms with Crippen molar-refractivity contribution < 1.29 is 54.4 Å². The first-order chi connectivity index (χ1) is 20.8. The zero-order valence-electron chi connectivity index (χ0n) is 24.6. The van der Waals surface area contributed by atoms with Gasteiger partial charge in [-0.15, -0.1) is 0 Å². The molecule has 44 heavy (non-hydrogen) atoms. The highest BCUT2D eigenvalue weighted by Gasteiger charge is 2.54. The van der Waals surface area contributed by atoms with Gasteiger partial charge in [-0.3, -0.25) is 4.79 Å². The van der Waals surface area contributed by atoms with Gasteiger partial charge in [0.25, 0.3) is 5.91 Å². The van der Waals surface area contributed by atoms with Crippen LogP contribution in [0.2, 0.25) is 0 Å². The molecule has 18 heteroatoms. The number of carbonyl (C=O) groups excluding carboxylic acids is 1. The van der Waals surface area contributed by atoms with E-state index >= 15 is 0 Å². The minimum Gasteiger partial charge on any atom is -0.394 e. The van der Waals surface area contributed by atoms with E-state index in [1.54, 1.807) is 0 Å². The summed E-state index contributed by atoms with van der Waals surface area (Å²) < 4.78 is 23.8. The molecule has 2 aliphatic carbocycles. The Morgan fingerprint density at radius 3 is 2.16 bits per heavy atom. The predicted octanol–water partition coefficient (Wildman–Crippen LogP) is -7.31. The third-order valence-corrected chi connectivity index (χ3v) is 9.06. The van der Waals surface area contributed by atoms with Crippen molar-refractivity contribution >= 4 is 5.91 Å². The van der Waals surface area contributed by atoms with Crippen LogP contribution in [-0.4, -0.2) is 160 Å². The summed E-state index contributed by atoms with van der Waals surface area (Å²) in [5, 5.41) is 69.5. The first kappa shape index (κ1) is 35.7. The molecule has 14 atom stereocenters. The average Bonchev–Trinajstić information content (AvgIpc) is 2.97. The van der Waals surface area contributed by atoms with Crippen LogP contribution in [0.3, 0.4) is 0 Å². The van der Waals surface area contributed by atoms with Crippen LogP contribution >= 0.6 is 0 Å². The second-order valence-corrected chi connectivity index (χ2v) is 12.4. The van der Waals surface area contributed by atoms with E-state index in [2.05, 4.69) is 10.6 Å². The fourth-order valence-corrected chi connectivity index (χ4v) is 6.36. The number of amides is 1. The number of nitrogens with two attached hydrogens (primary N) is 5. The van der Waals surface area contributed by atoms with Crippen molar-refractivity contribution in [2.75, 3.05) is 26.2 Å². The lowest BCUT2D eigenvalue weighted by Gasteiger charge is -2.49. The maximum absolute atomic E-state index is 13.1. The van der Waals surface area contributed by atoms with Crippen LogP contribution in [0.1, 0.15) is 32.1 Å². The summed E-state index contributed by atoms with van der Waals surface area (Å²) in [6, 6.07) is -4.02. The molecule has 0 aromatic heterocycles. The number of nitrogens with one attached hydrogen (secondary N) is 2. The Labute approximate surface area is 255 Å². The fourth-order valence-electron chi connectivity index (χ4n) is 6.36. The summed E-state index contributed by atoms with van der Waals surface area (Å²) in [6.45, 7) is 0.319. The molecule has 2 aliphatic heterocycles. The Bertz CT molecular complexity index is 935. The van der Waals surface area contributed by atoms with Gasteiger partial charge in [-0.05, 0) is 32.4 Å².